The molecule has 1 unspecified atom stereocenters. The van der Waals surface area contributed by atoms with Gasteiger partial charge in [-0.1, -0.05) is 54.1 Å². The zero-order valence-electron chi connectivity index (χ0n) is 19.0. The number of pyridine rings is 2. The van der Waals surface area contributed by atoms with Crippen LogP contribution in [-0.4, -0.2) is 24.6 Å². The van der Waals surface area contributed by atoms with Crippen molar-refractivity contribution in [1.82, 2.24) is 19.5 Å². The maximum absolute atomic E-state index is 14.0. The molecule has 5 aromatic rings. The molecule has 0 spiro atoms. The Morgan fingerprint density at radius 2 is 1.75 bits per heavy atom. The molecule has 3 aromatic heterocycles. The van der Waals surface area contributed by atoms with E-state index in [4.69, 9.17) is 11.6 Å². The van der Waals surface area contributed by atoms with Crippen LogP contribution in [0.15, 0.2) is 85.5 Å². The van der Waals surface area contributed by atoms with E-state index in [9.17, 15) is 18.3 Å². The van der Waals surface area contributed by atoms with E-state index in [1.807, 2.05) is 0 Å². The van der Waals surface area contributed by atoms with Crippen LogP contribution in [0.4, 0.5) is 13.2 Å². The van der Waals surface area contributed by atoms with Crippen LogP contribution in [0.3, 0.4) is 0 Å². The highest BCUT2D eigenvalue weighted by molar-refractivity contribution is 6.36. The first-order valence-electron chi connectivity index (χ1n) is 11.0. The Balaban J connectivity index is 1.76. The van der Waals surface area contributed by atoms with Crippen molar-refractivity contribution in [3.05, 3.63) is 124 Å². The van der Waals surface area contributed by atoms with E-state index in [1.54, 1.807) is 78.7 Å². The summed E-state index contributed by atoms with van der Waals surface area (Å²) in [5, 5.41) is 12.3. The molecule has 182 valence electrons. The second kappa shape index (κ2) is 9.04. The Hall–Kier alpha value is -3.75. The number of hydrogen-bond donors (Lipinski definition) is 1. The molecular weight excluding hydrogens is 489 g/mol. The van der Waals surface area contributed by atoms with Gasteiger partial charge in [-0.15, -0.1) is 0 Å². The average molecular weight is 509 g/mol. The van der Waals surface area contributed by atoms with Crippen molar-refractivity contribution in [2.45, 2.75) is 18.2 Å². The summed E-state index contributed by atoms with van der Waals surface area (Å²) in [6.07, 6.45) is -0.115. The number of alkyl halides is 3. The van der Waals surface area contributed by atoms with Gasteiger partial charge in [-0.25, -0.2) is 9.97 Å². The van der Waals surface area contributed by atoms with E-state index in [2.05, 4.69) is 15.0 Å². The van der Waals surface area contributed by atoms with Crippen LogP contribution >= 0.6 is 11.6 Å². The molecule has 0 radical (unpaired) electrons. The minimum Gasteiger partial charge on any atom is -0.373 e. The predicted octanol–water partition coefficient (Wildman–Crippen LogP) is 5.91. The molecule has 3 heterocycles. The molecule has 1 N–H and O–H groups in total. The van der Waals surface area contributed by atoms with Gasteiger partial charge in [-0.2, -0.15) is 13.2 Å². The Morgan fingerprint density at radius 1 is 1.00 bits per heavy atom. The molecule has 5 rings (SSSR count). The third-order valence-corrected chi connectivity index (χ3v) is 6.58. The third-order valence-electron chi connectivity index (χ3n) is 6.15. The fourth-order valence-corrected chi connectivity index (χ4v) is 4.70. The molecule has 0 aliphatic carbocycles. The van der Waals surface area contributed by atoms with E-state index in [0.717, 1.165) is 0 Å². The summed E-state index contributed by atoms with van der Waals surface area (Å²) in [6, 6.07) is 18.4. The summed E-state index contributed by atoms with van der Waals surface area (Å²) >= 11 is 6.67. The Kier molecular flexibility index (Phi) is 6.02. The van der Waals surface area contributed by atoms with Crippen molar-refractivity contribution in [3.8, 4) is 0 Å². The zero-order chi connectivity index (χ0) is 25.5. The van der Waals surface area contributed by atoms with Crippen LogP contribution in [0.1, 0.15) is 33.8 Å². The number of hydrogen-bond acceptors (Lipinski definition) is 4. The monoisotopic (exact) mass is 508 g/mol. The maximum atomic E-state index is 14.0. The lowest BCUT2D eigenvalue weighted by molar-refractivity contribution is -0.141. The highest BCUT2D eigenvalue weighted by Gasteiger charge is 2.40. The van der Waals surface area contributed by atoms with E-state index < -0.39 is 17.5 Å². The molecule has 0 bridgehead atoms. The fraction of sp³-hybridized carbons (Fsp3) is 0.148. The van der Waals surface area contributed by atoms with E-state index >= 15 is 0 Å². The van der Waals surface area contributed by atoms with Crippen LogP contribution in [0.5, 0.6) is 0 Å². The largest absolute Gasteiger partial charge is 0.433 e. The van der Waals surface area contributed by atoms with Crippen molar-refractivity contribution in [2.75, 3.05) is 0 Å². The number of rotatable bonds is 5. The molecule has 0 aliphatic heterocycles. The van der Waals surface area contributed by atoms with Crippen molar-refractivity contribution >= 4 is 22.5 Å². The van der Waals surface area contributed by atoms with Crippen molar-refractivity contribution in [3.63, 3.8) is 0 Å². The highest BCUT2D eigenvalue weighted by atomic mass is 35.5. The number of fused-ring (bicyclic) bond motifs is 1. The maximum Gasteiger partial charge on any atom is 0.433 e. The first-order valence-corrected chi connectivity index (χ1v) is 11.4. The normalized spacial score (nSPS) is 13.6. The van der Waals surface area contributed by atoms with Gasteiger partial charge in [0.1, 0.15) is 5.69 Å². The predicted molar refractivity (Wildman–Crippen MR) is 131 cm³/mol. The van der Waals surface area contributed by atoms with Gasteiger partial charge < -0.3 is 9.67 Å². The topological polar surface area (TPSA) is 63.8 Å². The third kappa shape index (κ3) is 4.12. The number of aryl methyl sites for hydroxylation is 1. The molecule has 0 aliphatic rings. The van der Waals surface area contributed by atoms with Crippen LogP contribution in [0.2, 0.25) is 5.02 Å². The molecule has 2 aromatic carbocycles. The van der Waals surface area contributed by atoms with Gasteiger partial charge in [-0.05, 0) is 35.4 Å². The molecule has 1 atom stereocenters. The summed E-state index contributed by atoms with van der Waals surface area (Å²) in [6.45, 7) is 0. The van der Waals surface area contributed by atoms with Crippen molar-refractivity contribution in [2.24, 2.45) is 7.05 Å². The molecular formula is C27H20ClF3N4O. The molecule has 0 fully saturated rings. The van der Waals surface area contributed by atoms with Crippen molar-refractivity contribution < 1.29 is 18.3 Å². The second-order valence-electron chi connectivity index (χ2n) is 8.46. The number of benzene rings is 2. The number of halogens is 4. The standard InChI is InChI=1S/C27H20ClF3N4O/c1-35-16-32-15-23(35)26(36,22-9-5-6-12-33-22)18-10-11-21-19(14-18)24(28)20(25(34-21)27(29,30)31)13-17-7-3-2-4-8-17/h2-12,14-16,36H,13H2,1H3. The Bertz CT molecular complexity index is 1540. The number of nitrogens with zero attached hydrogens (tertiary/aromatic N) is 4. The first kappa shape index (κ1) is 24.0. The lowest BCUT2D eigenvalue weighted by Gasteiger charge is -2.29. The zero-order valence-corrected chi connectivity index (χ0v) is 19.8. The van der Waals surface area contributed by atoms with Gasteiger partial charge in [0.05, 0.1) is 34.5 Å². The number of imidazole rings is 1. The van der Waals surface area contributed by atoms with Gasteiger partial charge in [0.25, 0.3) is 0 Å². The molecule has 0 saturated heterocycles. The summed E-state index contributed by atoms with van der Waals surface area (Å²) in [4.78, 5) is 12.4. The van der Waals surface area contributed by atoms with Crippen LogP contribution < -0.4 is 0 Å². The van der Waals surface area contributed by atoms with E-state index in [1.165, 1.54) is 18.3 Å². The molecule has 5 nitrogen and oxygen atoms in total. The lowest BCUT2D eigenvalue weighted by atomic mass is 9.85. The quantitative estimate of drug-likeness (QED) is 0.320. The van der Waals surface area contributed by atoms with Gasteiger partial charge in [0, 0.05) is 30.6 Å². The summed E-state index contributed by atoms with van der Waals surface area (Å²) < 4.78 is 43.7. The Morgan fingerprint density at radius 3 is 2.39 bits per heavy atom. The fourth-order valence-electron chi connectivity index (χ4n) is 4.39. The molecule has 0 amide bonds. The minimum absolute atomic E-state index is 0.0477. The SMILES string of the molecule is Cn1cncc1C(O)(c1ccc2nc(C(F)(F)F)c(Cc3ccccc3)c(Cl)c2c1)c1ccccn1. The molecule has 9 heteroatoms. The van der Waals surface area contributed by atoms with Gasteiger partial charge in [0.2, 0.25) is 0 Å². The summed E-state index contributed by atoms with van der Waals surface area (Å²) in [5.74, 6) is 0. The van der Waals surface area contributed by atoms with Gasteiger partial charge in [0.15, 0.2) is 5.60 Å². The highest BCUT2D eigenvalue weighted by Crippen LogP contribution is 2.41. The van der Waals surface area contributed by atoms with Gasteiger partial charge >= 0.3 is 6.18 Å². The molecule has 36 heavy (non-hydrogen) atoms. The van der Waals surface area contributed by atoms with E-state index in [0.29, 0.717) is 27.9 Å². The van der Waals surface area contributed by atoms with Crippen LogP contribution in [-0.2, 0) is 25.2 Å². The second-order valence-corrected chi connectivity index (χ2v) is 8.84. The summed E-state index contributed by atoms with van der Waals surface area (Å²) in [5.41, 5.74) is -1.03. The Labute approximate surface area is 209 Å². The van der Waals surface area contributed by atoms with Crippen molar-refractivity contribution in [1.29, 1.82) is 0 Å². The average Bonchev–Trinajstić information content (AvgIpc) is 3.31. The molecule has 0 saturated carbocycles. The van der Waals surface area contributed by atoms with Crippen LogP contribution in [0, 0.1) is 0 Å². The van der Waals surface area contributed by atoms with E-state index in [-0.39, 0.29) is 22.5 Å². The van der Waals surface area contributed by atoms with Crippen LogP contribution in [0.25, 0.3) is 10.9 Å². The smallest absolute Gasteiger partial charge is 0.373 e. The lowest BCUT2D eigenvalue weighted by Crippen LogP contribution is -2.32. The first-order chi connectivity index (χ1) is 17.2. The minimum atomic E-state index is -4.69. The number of aliphatic hydroxyl groups is 1. The van der Waals surface area contributed by atoms with Gasteiger partial charge in [-0.3, -0.25) is 4.98 Å². The summed E-state index contributed by atoms with van der Waals surface area (Å²) in [7, 11) is 1.74. The number of aromatic nitrogens is 4.